The Morgan fingerprint density at radius 2 is 1.97 bits per heavy atom. The molecule has 156 valence electrons. The average Bonchev–Trinajstić information content (AvgIpc) is 3.17. The van der Waals surface area contributed by atoms with E-state index in [1.807, 2.05) is 11.8 Å². The number of nitrogens with zero attached hydrogens (tertiary/aromatic N) is 3. The van der Waals surface area contributed by atoms with E-state index in [4.69, 9.17) is 9.72 Å². The fourth-order valence-electron chi connectivity index (χ4n) is 4.36. The maximum Gasteiger partial charge on any atom is 0.310 e. The van der Waals surface area contributed by atoms with Crippen molar-refractivity contribution in [3.63, 3.8) is 0 Å². The zero-order chi connectivity index (χ0) is 20.4. The summed E-state index contributed by atoms with van der Waals surface area (Å²) in [5.41, 5.74) is 2.30. The molecule has 7 heteroatoms. The predicted molar refractivity (Wildman–Crippen MR) is 115 cm³/mol. The lowest BCUT2D eigenvalue weighted by Crippen LogP contribution is -2.47. The van der Waals surface area contributed by atoms with Gasteiger partial charge in [-0.15, -0.1) is 0 Å². The number of rotatable bonds is 4. The van der Waals surface area contributed by atoms with Crippen LogP contribution in [0.25, 0.3) is 10.2 Å². The van der Waals surface area contributed by atoms with Crippen molar-refractivity contribution < 1.29 is 14.3 Å². The van der Waals surface area contributed by atoms with Gasteiger partial charge in [0.15, 0.2) is 5.13 Å². The number of aryl methyl sites for hydroxylation is 1. The third-order valence-corrected chi connectivity index (χ3v) is 7.08. The molecule has 0 saturated carbocycles. The van der Waals surface area contributed by atoms with Crippen molar-refractivity contribution in [3.05, 3.63) is 23.8 Å². The largest absolute Gasteiger partial charge is 0.466 e. The van der Waals surface area contributed by atoms with E-state index in [1.165, 1.54) is 10.3 Å². The SMILES string of the molecule is CCOC(=O)C1CCCN(C(=O)C2CCN(c3nc4ccc(C)cc4s3)CC2)C1. The first kappa shape index (κ1) is 20.1. The summed E-state index contributed by atoms with van der Waals surface area (Å²) in [4.78, 5) is 34.1. The summed E-state index contributed by atoms with van der Waals surface area (Å²) in [6.07, 6.45) is 3.38. The molecule has 2 aromatic rings. The van der Waals surface area contributed by atoms with Crippen LogP contribution in [0, 0.1) is 18.8 Å². The molecule has 1 aromatic heterocycles. The number of carbonyl (C=O) groups is 2. The molecule has 2 fully saturated rings. The maximum atomic E-state index is 13.0. The minimum absolute atomic E-state index is 0.0452. The van der Waals surface area contributed by atoms with Crippen LogP contribution in [0.2, 0.25) is 0 Å². The van der Waals surface area contributed by atoms with Crippen LogP contribution >= 0.6 is 11.3 Å². The molecule has 2 aliphatic rings. The molecule has 1 atom stereocenters. The molecule has 4 rings (SSSR count). The lowest BCUT2D eigenvalue weighted by Gasteiger charge is -2.37. The van der Waals surface area contributed by atoms with E-state index < -0.39 is 0 Å². The molecule has 0 N–H and O–H groups in total. The minimum Gasteiger partial charge on any atom is -0.466 e. The van der Waals surface area contributed by atoms with Crippen LogP contribution in [0.3, 0.4) is 0 Å². The van der Waals surface area contributed by atoms with Gasteiger partial charge in [-0.25, -0.2) is 4.98 Å². The highest BCUT2D eigenvalue weighted by Crippen LogP contribution is 2.32. The van der Waals surface area contributed by atoms with Crippen molar-refractivity contribution >= 4 is 38.6 Å². The number of hydrogen-bond acceptors (Lipinski definition) is 6. The van der Waals surface area contributed by atoms with E-state index in [1.54, 1.807) is 11.3 Å². The average molecular weight is 416 g/mol. The summed E-state index contributed by atoms with van der Waals surface area (Å²) in [6, 6.07) is 6.36. The van der Waals surface area contributed by atoms with Crippen LogP contribution in [0.15, 0.2) is 18.2 Å². The monoisotopic (exact) mass is 415 g/mol. The van der Waals surface area contributed by atoms with E-state index in [-0.39, 0.29) is 23.7 Å². The van der Waals surface area contributed by atoms with Gasteiger partial charge in [-0.3, -0.25) is 9.59 Å². The first-order chi connectivity index (χ1) is 14.0. The third-order valence-electron chi connectivity index (χ3n) is 6.00. The van der Waals surface area contributed by atoms with Crippen LogP contribution in [-0.2, 0) is 14.3 Å². The molecule has 0 aliphatic carbocycles. The minimum atomic E-state index is -0.168. The second kappa shape index (κ2) is 8.69. The molecule has 0 bridgehead atoms. The maximum absolute atomic E-state index is 13.0. The summed E-state index contributed by atoms with van der Waals surface area (Å²) >= 11 is 1.73. The Labute approximate surface area is 175 Å². The number of fused-ring (bicyclic) bond motifs is 1. The van der Waals surface area contributed by atoms with Crippen LogP contribution in [0.1, 0.15) is 38.2 Å². The molecule has 3 heterocycles. The molecule has 1 amide bonds. The van der Waals surface area contributed by atoms with Crippen molar-refractivity contribution in [2.75, 3.05) is 37.7 Å². The topological polar surface area (TPSA) is 62.7 Å². The lowest BCUT2D eigenvalue weighted by molar-refractivity contribution is -0.152. The smallest absolute Gasteiger partial charge is 0.310 e. The highest BCUT2D eigenvalue weighted by Gasteiger charge is 2.34. The Morgan fingerprint density at radius 3 is 2.72 bits per heavy atom. The highest BCUT2D eigenvalue weighted by atomic mass is 32.1. The number of hydrogen-bond donors (Lipinski definition) is 0. The van der Waals surface area contributed by atoms with Crippen LogP contribution in [0.4, 0.5) is 5.13 Å². The van der Waals surface area contributed by atoms with Gasteiger partial charge >= 0.3 is 5.97 Å². The van der Waals surface area contributed by atoms with Crippen molar-refractivity contribution in [2.24, 2.45) is 11.8 Å². The van der Waals surface area contributed by atoms with Crippen molar-refractivity contribution in [1.29, 1.82) is 0 Å². The number of likely N-dealkylation sites (tertiary alicyclic amines) is 1. The van der Waals surface area contributed by atoms with E-state index in [9.17, 15) is 9.59 Å². The van der Waals surface area contributed by atoms with E-state index >= 15 is 0 Å². The number of esters is 1. The quantitative estimate of drug-likeness (QED) is 0.714. The molecule has 2 aliphatic heterocycles. The van der Waals surface area contributed by atoms with Gasteiger partial charge in [0.2, 0.25) is 5.91 Å². The number of piperidine rings is 2. The van der Waals surface area contributed by atoms with Crippen LogP contribution in [-0.4, -0.2) is 54.5 Å². The van der Waals surface area contributed by atoms with E-state index in [2.05, 4.69) is 30.0 Å². The van der Waals surface area contributed by atoms with Gasteiger partial charge in [0.1, 0.15) is 0 Å². The fourth-order valence-corrected chi connectivity index (χ4v) is 5.48. The Balaban J connectivity index is 1.35. The van der Waals surface area contributed by atoms with Gasteiger partial charge in [-0.05, 0) is 57.2 Å². The molecule has 6 nitrogen and oxygen atoms in total. The first-order valence-corrected chi connectivity index (χ1v) is 11.4. The second-order valence-electron chi connectivity index (χ2n) is 8.10. The molecule has 1 aromatic carbocycles. The summed E-state index contributed by atoms with van der Waals surface area (Å²) in [5.74, 6) is -0.0766. The van der Waals surface area contributed by atoms with Gasteiger partial charge in [0.05, 0.1) is 22.7 Å². The number of ether oxygens (including phenoxy) is 1. The van der Waals surface area contributed by atoms with E-state index in [0.717, 1.165) is 56.0 Å². The first-order valence-electron chi connectivity index (χ1n) is 10.6. The fraction of sp³-hybridized carbons (Fsp3) is 0.591. The Hall–Kier alpha value is -2.15. The number of benzene rings is 1. The van der Waals surface area contributed by atoms with Crippen LogP contribution < -0.4 is 4.90 Å². The van der Waals surface area contributed by atoms with Gasteiger partial charge in [0.25, 0.3) is 0 Å². The molecule has 29 heavy (non-hydrogen) atoms. The zero-order valence-electron chi connectivity index (χ0n) is 17.2. The predicted octanol–water partition coefficient (Wildman–Crippen LogP) is 3.62. The number of carbonyl (C=O) groups excluding carboxylic acids is 2. The number of amides is 1. The third kappa shape index (κ3) is 4.39. The van der Waals surface area contributed by atoms with Crippen molar-refractivity contribution in [2.45, 2.75) is 39.5 Å². The molecule has 1 unspecified atom stereocenters. The summed E-state index contributed by atoms with van der Waals surface area (Å²) in [7, 11) is 0. The number of thiazole rings is 1. The standard InChI is InChI=1S/C22H29N3O3S/c1-3-28-21(27)17-5-4-10-25(14-17)20(26)16-8-11-24(12-9-16)22-23-18-7-6-15(2)13-19(18)29-22/h6-7,13,16-17H,3-5,8-12,14H2,1-2H3. The Morgan fingerprint density at radius 1 is 1.17 bits per heavy atom. The Kier molecular flexibility index (Phi) is 6.04. The highest BCUT2D eigenvalue weighted by molar-refractivity contribution is 7.22. The molecular formula is C22H29N3O3S. The number of anilines is 1. The summed E-state index contributed by atoms with van der Waals surface area (Å²) in [5, 5.41) is 1.05. The Bertz CT molecular complexity index is 889. The van der Waals surface area contributed by atoms with Gasteiger partial charge < -0.3 is 14.5 Å². The molecular weight excluding hydrogens is 386 g/mol. The molecule has 0 radical (unpaired) electrons. The van der Waals surface area contributed by atoms with Crippen LogP contribution in [0.5, 0.6) is 0 Å². The molecule has 0 spiro atoms. The summed E-state index contributed by atoms with van der Waals surface area (Å²) < 4.78 is 6.38. The number of aromatic nitrogens is 1. The van der Waals surface area contributed by atoms with Gasteiger partial charge in [-0.1, -0.05) is 17.4 Å². The lowest BCUT2D eigenvalue weighted by atomic mass is 9.92. The molecule has 2 saturated heterocycles. The van der Waals surface area contributed by atoms with Gasteiger partial charge in [0, 0.05) is 32.1 Å². The van der Waals surface area contributed by atoms with Crippen molar-refractivity contribution in [1.82, 2.24) is 9.88 Å². The van der Waals surface area contributed by atoms with E-state index in [0.29, 0.717) is 13.2 Å². The second-order valence-corrected chi connectivity index (χ2v) is 9.11. The normalized spacial score (nSPS) is 20.8. The zero-order valence-corrected chi connectivity index (χ0v) is 18.0. The van der Waals surface area contributed by atoms with Gasteiger partial charge in [-0.2, -0.15) is 0 Å². The summed E-state index contributed by atoms with van der Waals surface area (Å²) in [6.45, 7) is 7.29. The van der Waals surface area contributed by atoms with Crippen molar-refractivity contribution in [3.8, 4) is 0 Å².